The van der Waals surface area contributed by atoms with Gasteiger partial charge < -0.3 is 4.74 Å². The summed E-state index contributed by atoms with van der Waals surface area (Å²) < 4.78 is 32.8. The number of piperidine rings is 1. The Bertz CT molecular complexity index is 790. The van der Waals surface area contributed by atoms with Gasteiger partial charge in [-0.25, -0.2) is 8.42 Å². The molecule has 2 aliphatic rings. The quantitative estimate of drug-likeness (QED) is 0.528. The molecule has 0 aromatic heterocycles. The van der Waals surface area contributed by atoms with Crippen LogP contribution in [0.15, 0.2) is 41.3 Å². The summed E-state index contributed by atoms with van der Waals surface area (Å²) in [6.07, 6.45) is 8.45. The lowest BCUT2D eigenvalue weighted by atomic mass is 9.95. The van der Waals surface area contributed by atoms with Crippen LogP contribution in [0.25, 0.3) is 0 Å². The Balaban J connectivity index is 1.52. The molecule has 3 rings (SSSR count). The molecular weight excluding hydrogens is 374 g/mol. The van der Waals surface area contributed by atoms with Gasteiger partial charge in [0, 0.05) is 13.1 Å². The van der Waals surface area contributed by atoms with Gasteiger partial charge in [0.1, 0.15) is 0 Å². The maximum atomic E-state index is 12.9. The summed E-state index contributed by atoms with van der Waals surface area (Å²) in [5.41, 5.74) is 1.12. The van der Waals surface area contributed by atoms with Crippen molar-refractivity contribution in [3.05, 3.63) is 42.0 Å². The topological polar surface area (TPSA) is 63.7 Å². The molecular formula is C22H31NO4S. The van der Waals surface area contributed by atoms with Gasteiger partial charge in [0.15, 0.2) is 0 Å². The predicted molar refractivity (Wildman–Crippen MR) is 109 cm³/mol. The molecule has 5 nitrogen and oxygen atoms in total. The first-order valence-electron chi connectivity index (χ1n) is 10.3. The van der Waals surface area contributed by atoms with Crippen molar-refractivity contribution in [1.82, 2.24) is 4.31 Å². The van der Waals surface area contributed by atoms with Crippen molar-refractivity contribution in [2.45, 2.75) is 56.8 Å². The van der Waals surface area contributed by atoms with Crippen LogP contribution in [-0.2, 0) is 19.6 Å². The van der Waals surface area contributed by atoms with Gasteiger partial charge in [-0.2, -0.15) is 4.31 Å². The van der Waals surface area contributed by atoms with E-state index in [1.165, 1.54) is 4.31 Å². The van der Waals surface area contributed by atoms with Crippen LogP contribution in [0.1, 0.15) is 57.4 Å². The highest BCUT2D eigenvalue weighted by Gasteiger charge is 2.33. The zero-order valence-electron chi connectivity index (χ0n) is 16.8. The molecule has 1 aromatic rings. The summed E-state index contributed by atoms with van der Waals surface area (Å²) >= 11 is 0. The highest BCUT2D eigenvalue weighted by Crippen LogP contribution is 2.26. The number of sulfonamides is 1. The van der Waals surface area contributed by atoms with Crippen LogP contribution >= 0.6 is 0 Å². The van der Waals surface area contributed by atoms with Crippen LogP contribution in [-0.4, -0.2) is 38.4 Å². The molecule has 1 atom stereocenters. The Labute approximate surface area is 168 Å². The fraction of sp³-hybridized carbons (Fsp3) is 0.591. The van der Waals surface area contributed by atoms with Crippen molar-refractivity contribution in [2.75, 3.05) is 19.7 Å². The van der Waals surface area contributed by atoms with Gasteiger partial charge >= 0.3 is 5.97 Å². The largest absolute Gasteiger partial charge is 0.465 e. The standard InChI is InChI=1S/C22H31NO4S/c1-17(2)19-8-10-21(11-9-19)28(25,26)23-14-12-20(13-15-23)22(24)27-16-18-6-4-3-5-7-18/h3-4,8-11,17-18,20H,5-7,12-16H2,1-2H3. The minimum absolute atomic E-state index is 0.173. The minimum atomic E-state index is -3.51. The first-order valence-corrected chi connectivity index (χ1v) is 11.7. The van der Waals surface area contributed by atoms with Gasteiger partial charge in [-0.1, -0.05) is 38.1 Å². The van der Waals surface area contributed by atoms with E-state index in [4.69, 9.17) is 4.74 Å². The van der Waals surface area contributed by atoms with Crippen LogP contribution in [0.4, 0.5) is 0 Å². The summed E-state index contributed by atoms with van der Waals surface area (Å²) in [6, 6.07) is 7.12. The van der Waals surface area contributed by atoms with E-state index in [1.807, 2.05) is 12.1 Å². The highest BCUT2D eigenvalue weighted by molar-refractivity contribution is 7.89. The number of hydrogen-bond donors (Lipinski definition) is 0. The molecule has 0 spiro atoms. The van der Waals surface area contributed by atoms with E-state index < -0.39 is 10.0 Å². The molecule has 1 aliphatic heterocycles. The zero-order valence-corrected chi connectivity index (χ0v) is 17.7. The number of carbonyl (C=O) groups is 1. The van der Waals surface area contributed by atoms with Gasteiger partial charge in [0.25, 0.3) is 0 Å². The zero-order chi connectivity index (χ0) is 20.1. The van der Waals surface area contributed by atoms with Crippen molar-refractivity contribution < 1.29 is 17.9 Å². The lowest BCUT2D eigenvalue weighted by Gasteiger charge is -2.30. The number of benzene rings is 1. The fourth-order valence-corrected chi connectivity index (χ4v) is 5.30. The van der Waals surface area contributed by atoms with E-state index in [9.17, 15) is 13.2 Å². The molecule has 1 aromatic carbocycles. The lowest BCUT2D eigenvalue weighted by molar-refractivity contribution is -0.151. The van der Waals surface area contributed by atoms with E-state index in [0.717, 1.165) is 24.8 Å². The number of carbonyl (C=O) groups excluding carboxylic acids is 1. The molecule has 0 bridgehead atoms. The Kier molecular flexibility index (Phi) is 6.94. The molecule has 0 radical (unpaired) electrons. The third-order valence-corrected chi connectivity index (χ3v) is 7.72. The second-order valence-electron chi connectivity index (χ2n) is 8.18. The number of esters is 1. The number of hydrogen-bond acceptors (Lipinski definition) is 4. The van der Waals surface area contributed by atoms with Crippen LogP contribution < -0.4 is 0 Å². The number of ether oxygens (including phenoxy) is 1. The normalized spacial score (nSPS) is 21.8. The molecule has 28 heavy (non-hydrogen) atoms. The maximum absolute atomic E-state index is 12.9. The molecule has 1 heterocycles. The Morgan fingerprint density at radius 3 is 2.36 bits per heavy atom. The molecule has 0 N–H and O–H groups in total. The minimum Gasteiger partial charge on any atom is -0.465 e. The Morgan fingerprint density at radius 2 is 1.79 bits per heavy atom. The molecule has 1 unspecified atom stereocenters. The van der Waals surface area contributed by atoms with Crippen LogP contribution in [0, 0.1) is 11.8 Å². The molecule has 0 amide bonds. The predicted octanol–water partition coefficient (Wildman–Crippen LogP) is 4.11. The molecule has 1 aliphatic carbocycles. The average Bonchev–Trinajstić information content (AvgIpc) is 2.73. The van der Waals surface area contributed by atoms with Crippen LogP contribution in [0.2, 0.25) is 0 Å². The summed E-state index contributed by atoms with van der Waals surface area (Å²) in [7, 11) is -3.51. The highest BCUT2D eigenvalue weighted by atomic mass is 32.2. The van der Waals surface area contributed by atoms with E-state index >= 15 is 0 Å². The summed E-state index contributed by atoms with van der Waals surface area (Å²) in [5, 5.41) is 0. The van der Waals surface area contributed by atoms with Crippen molar-refractivity contribution in [3.8, 4) is 0 Å². The maximum Gasteiger partial charge on any atom is 0.309 e. The van der Waals surface area contributed by atoms with Gasteiger partial charge in [-0.3, -0.25) is 4.79 Å². The third-order valence-electron chi connectivity index (χ3n) is 5.81. The van der Waals surface area contributed by atoms with Crippen molar-refractivity contribution in [3.63, 3.8) is 0 Å². The number of rotatable bonds is 6. The first-order chi connectivity index (χ1) is 13.4. The monoisotopic (exact) mass is 405 g/mol. The number of nitrogens with zero attached hydrogens (tertiary/aromatic N) is 1. The molecule has 1 saturated heterocycles. The summed E-state index contributed by atoms with van der Waals surface area (Å²) in [6.45, 7) is 5.36. The van der Waals surface area contributed by atoms with Gasteiger partial charge in [-0.15, -0.1) is 0 Å². The van der Waals surface area contributed by atoms with Gasteiger partial charge in [0.2, 0.25) is 10.0 Å². The average molecular weight is 406 g/mol. The van der Waals surface area contributed by atoms with Crippen molar-refractivity contribution in [1.29, 1.82) is 0 Å². The van der Waals surface area contributed by atoms with Crippen LogP contribution in [0.3, 0.4) is 0 Å². The van der Waals surface area contributed by atoms with E-state index in [0.29, 0.717) is 49.3 Å². The summed E-state index contributed by atoms with van der Waals surface area (Å²) in [4.78, 5) is 12.7. The van der Waals surface area contributed by atoms with Gasteiger partial charge in [-0.05, 0) is 61.6 Å². The van der Waals surface area contributed by atoms with E-state index in [2.05, 4.69) is 26.0 Å². The summed E-state index contributed by atoms with van der Waals surface area (Å²) in [5.74, 6) is 0.410. The molecule has 154 valence electrons. The molecule has 0 saturated carbocycles. The van der Waals surface area contributed by atoms with Crippen molar-refractivity contribution >= 4 is 16.0 Å². The SMILES string of the molecule is CC(C)c1ccc(S(=O)(=O)N2CCC(C(=O)OCC3CC=CCC3)CC2)cc1. The second kappa shape index (κ2) is 9.23. The second-order valence-corrected chi connectivity index (χ2v) is 10.1. The Hall–Kier alpha value is -1.66. The lowest BCUT2D eigenvalue weighted by Crippen LogP contribution is -2.40. The van der Waals surface area contributed by atoms with E-state index in [1.54, 1.807) is 12.1 Å². The van der Waals surface area contributed by atoms with Crippen LogP contribution in [0.5, 0.6) is 0 Å². The van der Waals surface area contributed by atoms with Gasteiger partial charge in [0.05, 0.1) is 17.4 Å². The molecule has 1 fully saturated rings. The number of allylic oxidation sites excluding steroid dienone is 2. The first kappa shape index (κ1) is 21.1. The fourth-order valence-electron chi connectivity index (χ4n) is 3.83. The third kappa shape index (κ3) is 5.03. The molecule has 6 heteroatoms. The Morgan fingerprint density at radius 1 is 1.11 bits per heavy atom. The van der Waals surface area contributed by atoms with Crippen molar-refractivity contribution in [2.24, 2.45) is 11.8 Å². The van der Waals surface area contributed by atoms with E-state index in [-0.39, 0.29) is 11.9 Å². The smallest absolute Gasteiger partial charge is 0.309 e.